The van der Waals surface area contributed by atoms with Gasteiger partial charge in [0.1, 0.15) is 17.6 Å². The highest BCUT2D eigenvalue weighted by molar-refractivity contribution is 5.79. The second-order valence-corrected chi connectivity index (χ2v) is 2.95. The molecule has 0 aliphatic heterocycles. The fraction of sp³-hybridized carbons (Fsp3) is 0.444. The first-order chi connectivity index (χ1) is 6.56. The van der Waals surface area contributed by atoms with E-state index >= 15 is 0 Å². The average molecular weight is 199 g/mol. The van der Waals surface area contributed by atoms with Crippen LogP contribution in [0.15, 0.2) is 16.5 Å². The summed E-state index contributed by atoms with van der Waals surface area (Å²) < 4.78 is 5.15. The number of aryl methyl sites for hydroxylation is 1. The summed E-state index contributed by atoms with van der Waals surface area (Å²) in [5, 5.41) is 18.6. The molecule has 0 aromatic carbocycles. The van der Waals surface area contributed by atoms with E-state index in [9.17, 15) is 9.90 Å². The maximum absolute atomic E-state index is 10.6. The predicted octanol–water partition coefficient (Wildman–Crippen LogP) is -0.278. The number of aliphatic hydroxyl groups excluding tert-OH is 2. The molecule has 2 unspecified atom stereocenters. The van der Waals surface area contributed by atoms with Crippen molar-refractivity contribution in [3.05, 3.63) is 23.7 Å². The van der Waals surface area contributed by atoms with Crippen LogP contribution in [0.5, 0.6) is 0 Å². The Labute approximate surface area is 81.1 Å². The van der Waals surface area contributed by atoms with Crippen LogP contribution in [0, 0.1) is 0 Å². The first-order valence-electron chi connectivity index (χ1n) is 4.30. The van der Waals surface area contributed by atoms with Crippen LogP contribution in [0.25, 0.3) is 0 Å². The average Bonchev–Trinajstić information content (AvgIpc) is 2.63. The summed E-state index contributed by atoms with van der Waals surface area (Å²) in [6.07, 6.45) is -2.35. The molecule has 0 saturated carbocycles. The summed E-state index contributed by atoms with van der Waals surface area (Å²) in [6.45, 7) is 1.89. The number of carbonyl (C=O) groups is 1. The molecule has 0 aliphatic carbocycles. The third-order valence-corrected chi connectivity index (χ3v) is 1.91. The number of carbonyl (C=O) groups excluding carboxylic acids is 1. The molecule has 0 bridgehead atoms. The summed E-state index contributed by atoms with van der Waals surface area (Å²) in [7, 11) is 0. The van der Waals surface area contributed by atoms with E-state index in [-0.39, 0.29) is 5.76 Å². The van der Waals surface area contributed by atoms with Gasteiger partial charge in [-0.3, -0.25) is 4.79 Å². The smallest absolute Gasteiger partial charge is 0.249 e. The summed E-state index contributed by atoms with van der Waals surface area (Å²) in [6, 6.07) is 3.18. The molecule has 0 saturated heterocycles. The molecule has 14 heavy (non-hydrogen) atoms. The third kappa shape index (κ3) is 2.12. The molecular weight excluding hydrogens is 186 g/mol. The molecule has 0 aliphatic rings. The first-order valence-corrected chi connectivity index (χ1v) is 4.30. The van der Waals surface area contributed by atoms with Gasteiger partial charge in [0.15, 0.2) is 6.10 Å². The molecule has 2 atom stereocenters. The molecule has 1 aromatic heterocycles. The SMILES string of the molecule is CCc1ccc(C(O)C(O)C(N)=O)o1. The minimum atomic E-state index is -1.63. The monoisotopic (exact) mass is 199 g/mol. The van der Waals surface area contributed by atoms with Crippen LogP contribution in [-0.4, -0.2) is 22.2 Å². The molecular formula is C9H13NO4. The van der Waals surface area contributed by atoms with E-state index in [1.807, 2.05) is 6.92 Å². The van der Waals surface area contributed by atoms with E-state index in [1.54, 1.807) is 6.07 Å². The molecule has 1 rings (SSSR count). The highest BCUT2D eigenvalue weighted by atomic mass is 16.4. The van der Waals surface area contributed by atoms with Gasteiger partial charge in [0.2, 0.25) is 5.91 Å². The van der Waals surface area contributed by atoms with E-state index in [2.05, 4.69) is 0 Å². The van der Waals surface area contributed by atoms with Crippen molar-refractivity contribution in [3.8, 4) is 0 Å². The number of furan rings is 1. The quantitative estimate of drug-likeness (QED) is 0.621. The molecule has 0 radical (unpaired) electrons. The van der Waals surface area contributed by atoms with Crippen molar-refractivity contribution in [2.45, 2.75) is 25.6 Å². The zero-order valence-electron chi connectivity index (χ0n) is 7.80. The minimum absolute atomic E-state index is 0.146. The Morgan fingerprint density at radius 3 is 2.64 bits per heavy atom. The lowest BCUT2D eigenvalue weighted by atomic mass is 10.1. The number of rotatable bonds is 4. The maximum atomic E-state index is 10.6. The van der Waals surface area contributed by atoms with Gasteiger partial charge in [0.25, 0.3) is 0 Å². The van der Waals surface area contributed by atoms with Crippen molar-refractivity contribution < 1.29 is 19.4 Å². The van der Waals surface area contributed by atoms with Crippen LogP contribution in [-0.2, 0) is 11.2 Å². The molecule has 5 heteroatoms. The van der Waals surface area contributed by atoms with Crippen LogP contribution >= 0.6 is 0 Å². The van der Waals surface area contributed by atoms with Gasteiger partial charge in [-0.25, -0.2) is 0 Å². The van der Waals surface area contributed by atoms with Crippen LogP contribution in [0.4, 0.5) is 0 Å². The van der Waals surface area contributed by atoms with E-state index < -0.39 is 18.1 Å². The van der Waals surface area contributed by atoms with Crippen molar-refractivity contribution in [1.82, 2.24) is 0 Å². The Hall–Kier alpha value is -1.33. The molecule has 5 nitrogen and oxygen atoms in total. The first kappa shape index (κ1) is 10.7. The lowest BCUT2D eigenvalue weighted by Crippen LogP contribution is -2.33. The standard InChI is InChI=1S/C9H13NO4/c1-2-5-3-4-6(14-5)7(11)8(12)9(10)13/h3-4,7-8,11-12H,2H2,1H3,(H2,10,13). The molecule has 0 fully saturated rings. The van der Waals surface area contributed by atoms with Gasteiger partial charge in [-0.05, 0) is 12.1 Å². The zero-order chi connectivity index (χ0) is 10.7. The van der Waals surface area contributed by atoms with Gasteiger partial charge in [-0.15, -0.1) is 0 Å². The lowest BCUT2D eigenvalue weighted by Gasteiger charge is -2.11. The molecule has 1 amide bonds. The van der Waals surface area contributed by atoms with Crippen molar-refractivity contribution in [3.63, 3.8) is 0 Å². The van der Waals surface area contributed by atoms with Gasteiger partial charge in [-0.2, -0.15) is 0 Å². The number of amides is 1. The van der Waals surface area contributed by atoms with E-state index in [0.29, 0.717) is 12.2 Å². The highest BCUT2D eigenvalue weighted by Crippen LogP contribution is 2.19. The van der Waals surface area contributed by atoms with Crippen molar-refractivity contribution >= 4 is 5.91 Å². The van der Waals surface area contributed by atoms with Crippen LogP contribution in [0.1, 0.15) is 24.5 Å². The van der Waals surface area contributed by atoms with Gasteiger partial charge in [0, 0.05) is 6.42 Å². The van der Waals surface area contributed by atoms with Crippen LogP contribution in [0.3, 0.4) is 0 Å². The number of aliphatic hydroxyl groups is 2. The van der Waals surface area contributed by atoms with E-state index in [1.165, 1.54) is 6.07 Å². The second-order valence-electron chi connectivity index (χ2n) is 2.95. The number of nitrogens with two attached hydrogens (primary N) is 1. The Morgan fingerprint density at radius 1 is 1.57 bits per heavy atom. The highest BCUT2D eigenvalue weighted by Gasteiger charge is 2.25. The molecule has 1 aromatic rings. The fourth-order valence-corrected chi connectivity index (χ4v) is 1.05. The summed E-state index contributed by atoms with van der Waals surface area (Å²) >= 11 is 0. The molecule has 0 spiro atoms. The number of hydrogen-bond donors (Lipinski definition) is 3. The van der Waals surface area contributed by atoms with Gasteiger partial charge in [-0.1, -0.05) is 6.92 Å². The Kier molecular flexibility index (Phi) is 3.27. The van der Waals surface area contributed by atoms with Crippen LogP contribution in [0.2, 0.25) is 0 Å². The number of primary amides is 1. The van der Waals surface area contributed by atoms with Gasteiger partial charge in [0.05, 0.1) is 0 Å². The van der Waals surface area contributed by atoms with Gasteiger partial charge >= 0.3 is 0 Å². The molecule has 4 N–H and O–H groups in total. The zero-order valence-corrected chi connectivity index (χ0v) is 7.80. The summed E-state index contributed by atoms with van der Waals surface area (Å²) in [4.78, 5) is 10.6. The summed E-state index contributed by atoms with van der Waals surface area (Å²) in [5.74, 6) is -0.157. The minimum Gasteiger partial charge on any atom is -0.463 e. The normalized spacial score (nSPS) is 15.1. The predicted molar refractivity (Wildman–Crippen MR) is 48.2 cm³/mol. The van der Waals surface area contributed by atoms with E-state index in [0.717, 1.165) is 0 Å². The second kappa shape index (κ2) is 4.26. The lowest BCUT2D eigenvalue weighted by molar-refractivity contribution is -0.132. The van der Waals surface area contributed by atoms with Crippen LogP contribution < -0.4 is 5.73 Å². The van der Waals surface area contributed by atoms with Gasteiger partial charge < -0.3 is 20.4 Å². The molecule has 78 valence electrons. The topological polar surface area (TPSA) is 96.7 Å². The van der Waals surface area contributed by atoms with Crippen molar-refractivity contribution in [2.75, 3.05) is 0 Å². The fourth-order valence-electron chi connectivity index (χ4n) is 1.05. The molecule has 1 heterocycles. The Morgan fingerprint density at radius 2 is 2.21 bits per heavy atom. The Bertz CT molecular complexity index is 320. The third-order valence-electron chi connectivity index (χ3n) is 1.91. The number of hydrogen-bond acceptors (Lipinski definition) is 4. The Balaban J connectivity index is 2.78. The summed E-state index contributed by atoms with van der Waals surface area (Å²) in [5.41, 5.74) is 4.82. The largest absolute Gasteiger partial charge is 0.463 e. The van der Waals surface area contributed by atoms with E-state index in [4.69, 9.17) is 15.3 Å². The maximum Gasteiger partial charge on any atom is 0.249 e. The van der Waals surface area contributed by atoms with Crippen molar-refractivity contribution in [2.24, 2.45) is 5.73 Å². The van der Waals surface area contributed by atoms with Crippen molar-refractivity contribution in [1.29, 1.82) is 0 Å².